The molecular formula is C24H27N3O2. The van der Waals surface area contributed by atoms with Gasteiger partial charge in [0.2, 0.25) is 5.91 Å². The lowest BCUT2D eigenvalue weighted by atomic mass is 10.1. The highest BCUT2D eigenvalue weighted by Gasteiger charge is 2.33. The highest BCUT2D eigenvalue weighted by molar-refractivity contribution is 5.81. The highest BCUT2D eigenvalue weighted by Crippen LogP contribution is 2.30. The summed E-state index contributed by atoms with van der Waals surface area (Å²) in [6.45, 7) is 10.5. The Kier molecular flexibility index (Phi) is 5.38. The molecule has 0 radical (unpaired) electrons. The molecule has 1 aliphatic rings. The van der Waals surface area contributed by atoms with E-state index >= 15 is 0 Å². The predicted octanol–water partition coefficient (Wildman–Crippen LogP) is 4.23. The zero-order valence-electron chi connectivity index (χ0n) is 17.1. The third kappa shape index (κ3) is 3.90. The van der Waals surface area contributed by atoms with E-state index in [1.807, 2.05) is 29.2 Å². The number of carbonyl (C=O) groups excluding carboxylic acids is 1. The van der Waals surface area contributed by atoms with Crippen molar-refractivity contribution in [3.05, 3.63) is 72.1 Å². The molecule has 1 aromatic heterocycles. The van der Waals surface area contributed by atoms with Crippen molar-refractivity contribution < 1.29 is 9.53 Å². The Morgan fingerprint density at radius 3 is 2.83 bits per heavy atom. The zero-order chi connectivity index (χ0) is 20.4. The average Bonchev–Trinajstić information content (AvgIpc) is 3.26. The number of amides is 1. The van der Waals surface area contributed by atoms with E-state index in [2.05, 4.69) is 43.2 Å². The van der Waals surface area contributed by atoms with Crippen LogP contribution >= 0.6 is 0 Å². The molecule has 1 unspecified atom stereocenters. The molecule has 0 aliphatic carbocycles. The molecule has 0 N–H and O–H groups in total. The molecule has 2 heterocycles. The number of hydrogen-bond donors (Lipinski definition) is 0. The Labute approximate surface area is 171 Å². The Bertz CT molecular complexity index is 1050. The fraction of sp³-hybridized carbons (Fsp3) is 0.333. The van der Waals surface area contributed by atoms with Gasteiger partial charge in [0.15, 0.2) is 0 Å². The summed E-state index contributed by atoms with van der Waals surface area (Å²) in [7, 11) is 0. The number of aromatic nitrogens is 2. The van der Waals surface area contributed by atoms with Crippen molar-refractivity contribution in [1.82, 2.24) is 14.5 Å². The summed E-state index contributed by atoms with van der Waals surface area (Å²) in [5, 5.41) is 0. The van der Waals surface area contributed by atoms with Crippen LogP contribution in [0, 0.1) is 13.8 Å². The fourth-order valence-corrected chi connectivity index (χ4v) is 3.98. The number of rotatable bonds is 7. The van der Waals surface area contributed by atoms with Gasteiger partial charge in [-0.05, 0) is 49.2 Å². The van der Waals surface area contributed by atoms with E-state index in [1.165, 1.54) is 11.1 Å². The first-order valence-corrected chi connectivity index (χ1v) is 10.1. The Hall–Kier alpha value is -3.08. The number of ether oxygens (including phenoxy) is 1. The number of likely N-dealkylation sites (tertiary alicyclic amines) is 1. The van der Waals surface area contributed by atoms with Gasteiger partial charge >= 0.3 is 0 Å². The molecule has 1 amide bonds. The molecule has 5 nitrogen and oxygen atoms in total. The van der Waals surface area contributed by atoms with Crippen molar-refractivity contribution in [2.24, 2.45) is 0 Å². The van der Waals surface area contributed by atoms with Gasteiger partial charge in [-0.1, -0.05) is 24.3 Å². The van der Waals surface area contributed by atoms with E-state index in [0.717, 1.165) is 22.6 Å². The molecule has 150 valence electrons. The number of para-hydroxylation sites is 2. The quantitative estimate of drug-likeness (QED) is 0.568. The minimum atomic E-state index is 0.0940. The maximum absolute atomic E-state index is 12.3. The second-order valence-electron chi connectivity index (χ2n) is 7.69. The summed E-state index contributed by atoms with van der Waals surface area (Å²) in [4.78, 5) is 19.1. The van der Waals surface area contributed by atoms with Crippen LogP contribution in [0.25, 0.3) is 11.0 Å². The Morgan fingerprint density at radius 2 is 2.03 bits per heavy atom. The van der Waals surface area contributed by atoms with Gasteiger partial charge in [-0.2, -0.15) is 0 Å². The average molecular weight is 389 g/mol. The number of benzene rings is 2. The van der Waals surface area contributed by atoms with Gasteiger partial charge in [0.1, 0.15) is 18.2 Å². The van der Waals surface area contributed by atoms with Crippen LogP contribution in [-0.2, 0) is 11.3 Å². The van der Waals surface area contributed by atoms with Crippen LogP contribution in [0.1, 0.15) is 29.3 Å². The summed E-state index contributed by atoms with van der Waals surface area (Å²) in [5.41, 5.74) is 4.53. The monoisotopic (exact) mass is 389 g/mol. The summed E-state index contributed by atoms with van der Waals surface area (Å²) < 4.78 is 8.24. The maximum atomic E-state index is 12.3. The van der Waals surface area contributed by atoms with E-state index in [9.17, 15) is 4.79 Å². The molecular weight excluding hydrogens is 362 g/mol. The van der Waals surface area contributed by atoms with Crippen molar-refractivity contribution >= 4 is 16.9 Å². The lowest BCUT2D eigenvalue weighted by Crippen LogP contribution is -2.25. The molecule has 29 heavy (non-hydrogen) atoms. The predicted molar refractivity (Wildman–Crippen MR) is 115 cm³/mol. The Morgan fingerprint density at radius 1 is 1.21 bits per heavy atom. The number of nitrogens with zero attached hydrogens (tertiary/aromatic N) is 3. The van der Waals surface area contributed by atoms with Crippen LogP contribution in [0.3, 0.4) is 0 Å². The van der Waals surface area contributed by atoms with E-state index in [1.54, 1.807) is 6.08 Å². The zero-order valence-corrected chi connectivity index (χ0v) is 17.1. The topological polar surface area (TPSA) is 47.4 Å². The summed E-state index contributed by atoms with van der Waals surface area (Å²) in [6.07, 6.45) is 2.27. The number of carbonyl (C=O) groups is 1. The van der Waals surface area contributed by atoms with Gasteiger partial charge < -0.3 is 14.2 Å². The number of imidazole rings is 1. The van der Waals surface area contributed by atoms with Crippen molar-refractivity contribution in [2.75, 3.05) is 19.7 Å². The number of aryl methyl sites for hydroxylation is 2. The normalized spacial score (nSPS) is 16.6. The lowest BCUT2D eigenvalue weighted by molar-refractivity contribution is -0.127. The fourth-order valence-electron chi connectivity index (χ4n) is 3.98. The minimum Gasteiger partial charge on any atom is -0.492 e. The van der Waals surface area contributed by atoms with Gasteiger partial charge in [-0.3, -0.25) is 4.79 Å². The van der Waals surface area contributed by atoms with Crippen LogP contribution in [0.5, 0.6) is 5.75 Å². The van der Waals surface area contributed by atoms with Crippen LogP contribution in [0.15, 0.2) is 55.1 Å². The molecule has 1 saturated heterocycles. The largest absolute Gasteiger partial charge is 0.492 e. The maximum Gasteiger partial charge on any atom is 0.223 e. The van der Waals surface area contributed by atoms with Crippen molar-refractivity contribution in [2.45, 2.75) is 32.7 Å². The minimum absolute atomic E-state index is 0.0940. The third-order valence-corrected chi connectivity index (χ3v) is 5.68. The van der Waals surface area contributed by atoms with E-state index < -0.39 is 0 Å². The molecule has 0 saturated carbocycles. The van der Waals surface area contributed by atoms with Crippen molar-refractivity contribution in [1.29, 1.82) is 0 Å². The molecule has 3 aromatic rings. The first-order valence-electron chi connectivity index (χ1n) is 10.1. The molecule has 5 heteroatoms. The number of hydrogen-bond acceptors (Lipinski definition) is 3. The van der Waals surface area contributed by atoms with Crippen LogP contribution in [-0.4, -0.2) is 40.1 Å². The molecule has 4 rings (SSSR count). The molecule has 1 aliphatic heterocycles. The van der Waals surface area contributed by atoms with Gasteiger partial charge in [0, 0.05) is 25.4 Å². The molecule has 2 aromatic carbocycles. The summed E-state index contributed by atoms with van der Waals surface area (Å²) in [5.74, 6) is 2.11. The standard InChI is InChI=1S/C24H27N3O2/c1-4-11-26-16-19(15-23(26)28)24-25-21-7-5-6-8-22(21)27(24)12-13-29-20-10-9-17(2)18(3)14-20/h4-10,14,19H,1,11-13,15-16H2,2-3H3. The smallest absolute Gasteiger partial charge is 0.223 e. The van der Waals surface area contributed by atoms with Crippen LogP contribution in [0.2, 0.25) is 0 Å². The molecule has 0 spiro atoms. The van der Waals surface area contributed by atoms with Gasteiger partial charge in [-0.15, -0.1) is 6.58 Å². The van der Waals surface area contributed by atoms with Crippen molar-refractivity contribution in [3.8, 4) is 5.75 Å². The number of fused-ring (bicyclic) bond motifs is 1. The second-order valence-corrected chi connectivity index (χ2v) is 7.69. The first kappa shape index (κ1) is 19.2. The first-order chi connectivity index (χ1) is 14.1. The molecule has 1 atom stereocenters. The second kappa shape index (κ2) is 8.11. The highest BCUT2D eigenvalue weighted by atomic mass is 16.5. The lowest BCUT2D eigenvalue weighted by Gasteiger charge is -2.16. The SMILES string of the molecule is C=CCN1CC(c2nc3ccccc3n2CCOc2ccc(C)c(C)c2)CC1=O. The van der Waals surface area contributed by atoms with E-state index in [4.69, 9.17) is 9.72 Å². The van der Waals surface area contributed by atoms with Crippen LogP contribution in [0.4, 0.5) is 0 Å². The molecule has 0 bridgehead atoms. The summed E-state index contributed by atoms with van der Waals surface area (Å²) >= 11 is 0. The van der Waals surface area contributed by atoms with Gasteiger partial charge in [0.05, 0.1) is 17.6 Å². The Balaban J connectivity index is 1.56. The molecule has 1 fully saturated rings. The third-order valence-electron chi connectivity index (χ3n) is 5.68. The van der Waals surface area contributed by atoms with Crippen LogP contribution < -0.4 is 4.74 Å². The van der Waals surface area contributed by atoms with Gasteiger partial charge in [-0.25, -0.2) is 4.98 Å². The summed E-state index contributed by atoms with van der Waals surface area (Å²) in [6, 6.07) is 14.3. The van der Waals surface area contributed by atoms with Gasteiger partial charge in [0.25, 0.3) is 0 Å². The van der Waals surface area contributed by atoms with Crippen molar-refractivity contribution in [3.63, 3.8) is 0 Å². The van der Waals surface area contributed by atoms with E-state index in [0.29, 0.717) is 32.7 Å². The van der Waals surface area contributed by atoms with E-state index in [-0.39, 0.29) is 11.8 Å².